The van der Waals surface area contributed by atoms with Gasteiger partial charge < -0.3 is 16.0 Å². The number of nitrogens with one attached hydrogen (secondary N) is 1. The molecule has 1 fully saturated rings. The Hall–Kier alpha value is -2.52. The number of benzene rings is 1. The number of carbonyl (C=O) groups excluding carboxylic acids is 2. The number of likely N-dealkylation sites (tertiary alicyclic amines) is 1. The van der Waals surface area contributed by atoms with E-state index in [0.29, 0.717) is 32.6 Å². The van der Waals surface area contributed by atoms with Gasteiger partial charge in [0.15, 0.2) is 0 Å². The zero-order chi connectivity index (χ0) is 18.4. The second-order valence-electron chi connectivity index (χ2n) is 6.36. The molecule has 0 aliphatic carbocycles. The number of hydrogen-bond acceptors (Lipinski definition) is 6. The van der Waals surface area contributed by atoms with Crippen LogP contribution in [0.2, 0.25) is 0 Å². The summed E-state index contributed by atoms with van der Waals surface area (Å²) in [6.07, 6.45) is 3.47. The molecule has 9 nitrogen and oxygen atoms in total. The molecule has 0 spiro atoms. The van der Waals surface area contributed by atoms with Crippen LogP contribution in [-0.4, -0.2) is 63.1 Å². The van der Waals surface area contributed by atoms with Crippen LogP contribution < -0.4 is 11.1 Å². The van der Waals surface area contributed by atoms with Crippen molar-refractivity contribution in [3.05, 3.63) is 36.2 Å². The first-order valence-electron chi connectivity index (χ1n) is 8.75. The van der Waals surface area contributed by atoms with E-state index in [9.17, 15) is 9.59 Å². The highest BCUT2D eigenvalue weighted by molar-refractivity contribution is 5.85. The summed E-state index contributed by atoms with van der Waals surface area (Å²) in [5, 5.41) is 13.8. The van der Waals surface area contributed by atoms with E-state index in [1.165, 1.54) is 6.33 Å². The lowest BCUT2D eigenvalue weighted by atomic mass is 9.96. The number of amides is 2. The molecule has 2 aromatic rings. The maximum atomic E-state index is 12.6. The van der Waals surface area contributed by atoms with Gasteiger partial charge in [-0.1, -0.05) is 12.1 Å². The summed E-state index contributed by atoms with van der Waals surface area (Å²) in [6.45, 7) is 2.05. The van der Waals surface area contributed by atoms with E-state index >= 15 is 0 Å². The molecule has 1 saturated heterocycles. The van der Waals surface area contributed by atoms with Crippen molar-refractivity contribution in [1.82, 2.24) is 30.4 Å². The number of aromatic nitrogens is 4. The Labute approximate surface area is 163 Å². The number of nitrogens with two attached hydrogens (primary N) is 1. The Morgan fingerprint density at radius 2 is 2.04 bits per heavy atom. The van der Waals surface area contributed by atoms with Crippen molar-refractivity contribution in [2.24, 2.45) is 11.7 Å². The maximum Gasteiger partial charge on any atom is 0.227 e. The first kappa shape index (κ1) is 20.8. The van der Waals surface area contributed by atoms with Crippen LogP contribution in [0.1, 0.15) is 18.4 Å². The number of hydrogen-bond donors (Lipinski definition) is 2. The van der Waals surface area contributed by atoms with E-state index in [1.54, 1.807) is 9.58 Å². The molecule has 3 rings (SSSR count). The van der Waals surface area contributed by atoms with Crippen molar-refractivity contribution in [1.29, 1.82) is 0 Å². The highest BCUT2D eigenvalue weighted by Crippen LogP contribution is 2.18. The predicted octanol–water partition coefficient (Wildman–Crippen LogP) is -0.0599. The Balaban J connectivity index is 0.00000261. The minimum absolute atomic E-state index is 0. The normalized spacial score (nSPS) is 16.5. The van der Waals surface area contributed by atoms with E-state index in [1.807, 2.05) is 24.3 Å². The van der Waals surface area contributed by atoms with Crippen LogP contribution in [0.25, 0.3) is 5.69 Å². The lowest BCUT2D eigenvalue weighted by molar-refractivity contribution is -0.135. The minimum Gasteiger partial charge on any atom is -0.355 e. The zero-order valence-corrected chi connectivity index (χ0v) is 15.8. The lowest BCUT2D eigenvalue weighted by Crippen LogP contribution is -2.46. The topological polar surface area (TPSA) is 119 Å². The van der Waals surface area contributed by atoms with Crippen LogP contribution in [0, 0.1) is 5.92 Å². The summed E-state index contributed by atoms with van der Waals surface area (Å²) in [4.78, 5) is 26.5. The first-order chi connectivity index (χ1) is 12.7. The third-order valence-corrected chi connectivity index (χ3v) is 4.49. The Morgan fingerprint density at radius 1 is 1.26 bits per heavy atom. The summed E-state index contributed by atoms with van der Waals surface area (Å²) in [7, 11) is 0. The highest BCUT2D eigenvalue weighted by Gasteiger charge is 2.28. The molecular weight excluding hydrogens is 370 g/mol. The molecule has 1 unspecified atom stereocenters. The van der Waals surface area contributed by atoms with E-state index < -0.39 is 0 Å². The fourth-order valence-electron chi connectivity index (χ4n) is 3.09. The quantitative estimate of drug-likeness (QED) is 0.709. The van der Waals surface area contributed by atoms with Gasteiger partial charge in [0, 0.05) is 26.2 Å². The minimum atomic E-state index is -0.151. The van der Waals surface area contributed by atoms with Gasteiger partial charge in [-0.05, 0) is 41.0 Å². The van der Waals surface area contributed by atoms with E-state index in [0.717, 1.165) is 24.1 Å². The molecule has 10 heteroatoms. The van der Waals surface area contributed by atoms with Crippen LogP contribution >= 0.6 is 12.4 Å². The van der Waals surface area contributed by atoms with Crippen molar-refractivity contribution >= 4 is 24.2 Å². The average Bonchev–Trinajstić information content (AvgIpc) is 3.21. The Bertz CT molecular complexity index is 736. The van der Waals surface area contributed by atoms with E-state index in [4.69, 9.17) is 5.73 Å². The maximum absolute atomic E-state index is 12.6. The molecular formula is C17H24ClN7O2. The molecule has 1 aromatic carbocycles. The van der Waals surface area contributed by atoms with Crippen LogP contribution in [0.5, 0.6) is 0 Å². The zero-order valence-electron chi connectivity index (χ0n) is 15.0. The molecule has 1 atom stereocenters. The van der Waals surface area contributed by atoms with Gasteiger partial charge in [-0.25, -0.2) is 4.68 Å². The lowest BCUT2D eigenvalue weighted by Gasteiger charge is -2.32. The van der Waals surface area contributed by atoms with Gasteiger partial charge in [-0.3, -0.25) is 9.59 Å². The molecule has 0 bridgehead atoms. The van der Waals surface area contributed by atoms with Gasteiger partial charge in [-0.2, -0.15) is 0 Å². The standard InChI is InChI=1S/C17H23N7O2.ClH/c18-7-8-19-17(26)14-2-1-9-23(11-14)16(25)10-13-3-5-15(6-4-13)24-12-20-21-22-24;/h3-6,12,14H,1-2,7-11,18H2,(H,19,26);1H. The van der Waals surface area contributed by atoms with Crippen LogP contribution in [0.3, 0.4) is 0 Å². The van der Waals surface area contributed by atoms with Crippen molar-refractivity contribution in [2.75, 3.05) is 26.2 Å². The highest BCUT2D eigenvalue weighted by atomic mass is 35.5. The van der Waals surface area contributed by atoms with Crippen molar-refractivity contribution in [3.63, 3.8) is 0 Å². The number of nitrogens with zero attached hydrogens (tertiary/aromatic N) is 5. The third-order valence-electron chi connectivity index (χ3n) is 4.49. The summed E-state index contributed by atoms with van der Waals surface area (Å²) >= 11 is 0. The van der Waals surface area contributed by atoms with Gasteiger partial charge in [-0.15, -0.1) is 17.5 Å². The third kappa shape index (κ3) is 5.48. The molecule has 0 radical (unpaired) electrons. The Morgan fingerprint density at radius 3 is 2.70 bits per heavy atom. The molecule has 1 aliphatic heterocycles. The van der Waals surface area contributed by atoms with E-state index in [2.05, 4.69) is 20.8 Å². The largest absolute Gasteiger partial charge is 0.355 e. The van der Waals surface area contributed by atoms with Crippen LogP contribution in [0.4, 0.5) is 0 Å². The molecule has 1 aromatic heterocycles. The number of piperidine rings is 1. The molecule has 27 heavy (non-hydrogen) atoms. The molecule has 2 amide bonds. The number of halogens is 1. The molecule has 3 N–H and O–H groups in total. The fourth-order valence-corrected chi connectivity index (χ4v) is 3.09. The number of carbonyl (C=O) groups is 2. The van der Waals surface area contributed by atoms with Crippen molar-refractivity contribution < 1.29 is 9.59 Å². The van der Waals surface area contributed by atoms with Gasteiger partial charge in [0.1, 0.15) is 6.33 Å². The molecule has 1 aliphatic rings. The average molecular weight is 394 g/mol. The van der Waals surface area contributed by atoms with Crippen molar-refractivity contribution in [2.45, 2.75) is 19.3 Å². The molecule has 0 saturated carbocycles. The number of rotatable bonds is 6. The van der Waals surface area contributed by atoms with Gasteiger partial charge >= 0.3 is 0 Å². The summed E-state index contributed by atoms with van der Waals surface area (Å²) in [5.74, 6) is -0.128. The Kier molecular flexibility index (Phi) is 7.68. The van der Waals surface area contributed by atoms with E-state index in [-0.39, 0.29) is 30.1 Å². The molecule has 146 valence electrons. The summed E-state index contributed by atoms with van der Waals surface area (Å²) in [6, 6.07) is 7.53. The van der Waals surface area contributed by atoms with Crippen LogP contribution in [0.15, 0.2) is 30.6 Å². The SMILES string of the molecule is Cl.NCCNC(=O)C1CCCN(C(=O)Cc2ccc(-n3cnnn3)cc2)C1. The summed E-state index contributed by atoms with van der Waals surface area (Å²) in [5.41, 5.74) is 7.17. The predicted molar refractivity (Wildman–Crippen MR) is 101 cm³/mol. The van der Waals surface area contributed by atoms with Crippen LogP contribution in [-0.2, 0) is 16.0 Å². The number of tetrazole rings is 1. The van der Waals surface area contributed by atoms with Crippen molar-refractivity contribution in [3.8, 4) is 5.69 Å². The summed E-state index contributed by atoms with van der Waals surface area (Å²) < 4.78 is 1.56. The monoisotopic (exact) mass is 393 g/mol. The second kappa shape index (κ2) is 9.98. The van der Waals surface area contributed by atoms with Gasteiger partial charge in [0.25, 0.3) is 0 Å². The van der Waals surface area contributed by atoms with Gasteiger partial charge in [0.2, 0.25) is 11.8 Å². The molecule has 2 heterocycles. The van der Waals surface area contributed by atoms with Gasteiger partial charge in [0.05, 0.1) is 18.0 Å². The smallest absolute Gasteiger partial charge is 0.227 e. The fraction of sp³-hybridized carbons (Fsp3) is 0.471. The first-order valence-corrected chi connectivity index (χ1v) is 8.75. The second-order valence-corrected chi connectivity index (χ2v) is 6.36.